The summed E-state index contributed by atoms with van der Waals surface area (Å²) >= 11 is 0. The predicted octanol–water partition coefficient (Wildman–Crippen LogP) is 3.63. The zero-order chi connectivity index (χ0) is 20.6. The fourth-order valence-corrected chi connectivity index (χ4v) is 4.96. The van der Waals surface area contributed by atoms with Crippen molar-refractivity contribution in [3.63, 3.8) is 0 Å². The lowest BCUT2D eigenvalue weighted by Crippen LogP contribution is -2.19. The highest BCUT2D eigenvalue weighted by atomic mass is 32.2. The first-order valence-corrected chi connectivity index (χ1v) is 11.2. The Morgan fingerprint density at radius 1 is 1.39 bits per heavy atom. The fourth-order valence-electron chi connectivity index (χ4n) is 3.24. The van der Waals surface area contributed by atoms with Crippen LogP contribution in [-0.4, -0.2) is 40.5 Å². The van der Waals surface area contributed by atoms with Gasteiger partial charge in [0, 0.05) is 31.4 Å². The van der Waals surface area contributed by atoms with Crippen LogP contribution in [0.5, 0.6) is 5.75 Å². The van der Waals surface area contributed by atoms with Crippen LogP contribution in [0.3, 0.4) is 0 Å². The molecule has 28 heavy (non-hydrogen) atoms. The van der Waals surface area contributed by atoms with Gasteiger partial charge in [-0.05, 0) is 49.7 Å². The van der Waals surface area contributed by atoms with Crippen LogP contribution >= 0.6 is 0 Å². The van der Waals surface area contributed by atoms with Crippen molar-refractivity contribution in [2.24, 2.45) is 17.6 Å². The molecule has 1 aliphatic heterocycles. The van der Waals surface area contributed by atoms with Crippen LogP contribution in [0.25, 0.3) is 0 Å². The molecule has 1 heterocycles. The third-order valence-electron chi connectivity index (χ3n) is 4.99. The molecule has 0 aromatic heterocycles. The summed E-state index contributed by atoms with van der Waals surface area (Å²) in [5, 5.41) is 0. The smallest absolute Gasteiger partial charge is 0.181 e. The third kappa shape index (κ3) is 6.83. The van der Waals surface area contributed by atoms with E-state index in [1.807, 2.05) is 6.92 Å². The van der Waals surface area contributed by atoms with E-state index in [-0.39, 0.29) is 41.0 Å². The van der Waals surface area contributed by atoms with Gasteiger partial charge in [-0.2, -0.15) is 0 Å². The lowest BCUT2D eigenvalue weighted by Gasteiger charge is -2.23. The summed E-state index contributed by atoms with van der Waals surface area (Å²) < 4.78 is 62.7. The lowest BCUT2D eigenvalue weighted by atomic mass is 9.92. The zero-order valence-electron chi connectivity index (χ0n) is 16.2. The molecular weight excluding hydrogens is 388 g/mol. The minimum Gasteiger partial charge on any atom is -0.489 e. The van der Waals surface area contributed by atoms with Gasteiger partial charge in [0.05, 0.1) is 12.1 Å². The Morgan fingerprint density at radius 3 is 2.71 bits per heavy atom. The SMILES string of the molecule is CC(CCC1CCOCC1)CS(=O)(=O)c1ccc(OC/C(=C/F)CN)cc1F. The van der Waals surface area contributed by atoms with E-state index in [1.165, 1.54) is 12.1 Å². The van der Waals surface area contributed by atoms with Gasteiger partial charge < -0.3 is 15.2 Å². The van der Waals surface area contributed by atoms with Gasteiger partial charge in [0.15, 0.2) is 9.84 Å². The predicted molar refractivity (Wildman–Crippen MR) is 104 cm³/mol. The van der Waals surface area contributed by atoms with Gasteiger partial charge >= 0.3 is 0 Å². The van der Waals surface area contributed by atoms with Crippen molar-refractivity contribution in [3.8, 4) is 5.75 Å². The van der Waals surface area contributed by atoms with Crippen molar-refractivity contribution in [3.05, 3.63) is 35.9 Å². The lowest BCUT2D eigenvalue weighted by molar-refractivity contribution is 0.0623. The van der Waals surface area contributed by atoms with E-state index in [9.17, 15) is 17.2 Å². The molecule has 8 heteroatoms. The van der Waals surface area contributed by atoms with E-state index in [0.29, 0.717) is 12.2 Å². The number of halogens is 2. The monoisotopic (exact) mass is 417 g/mol. The van der Waals surface area contributed by atoms with Crippen LogP contribution in [0.15, 0.2) is 35.0 Å². The van der Waals surface area contributed by atoms with Gasteiger partial charge in [0.1, 0.15) is 23.1 Å². The average molecular weight is 418 g/mol. The molecule has 1 unspecified atom stereocenters. The molecule has 1 aromatic carbocycles. The Hall–Kier alpha value is -1.51. The Labute approximate surface area is 165 Å². The second-order valence-electron chi connectivity index (χ2n) is 7.37. The summed E-state index contributed by atoms with van der Waals surface area (Å²) in [6.45, 7) is 3.28. The van der Waals surface area contributed by atoms with Crippen molar-refractivity contribution in [2.75, 3.05) is 32.1 Å². The number of sulfone groups is 1. The number of rotatable bonds is 10. The molecule has 2 N–H and O–H groups in total. The Kier molecular flexibility index (Phi) is 8.85. The fraction of sp³-hybridized carbons (Fsp3) is 0.600. The van der Waals surface area contributed by atoms with E-state index in [2.05, 4.69) is 0 Å². The van der Waals surface area contributed by atoms with Gasteiger partial charge in [-0.3, -0.25) is 0 Å². The number of nitrogens with two attached hydrogens (primary N) is 1. The molecule has 0 aliphatic carbocycles. The minimum atomic E-state index is -3.75. The number of ether oxygens (including phenoxy) is 2. The molecule has 5 nitrogen and oxygen atoms in total. The molecule has 1 saturated heterocycles. The maximum atomic E-state index is 14.4. The summed E-state index contributed by atoms with van der Waals surface area (Å²) in [6, 6.07) is 3.58. The van der Waals surface area contributed by atoms with Gasteiger partial charge in [0.25, 0.3) is 0 Å². The van der Waals surface area contributed by atoms with Gasteiger partial charge in [-0.15, -0.1) is 0 Å². The minimum absolute atomic E-state index is 0.0167. The van der Waals surface area contributed by atoms with Crippen molar-refractivity contribution in [1.29, 1.82) is 0 Å². The van der Waals surface area contributed by atoms with Gasteiger partial charge in [-0.25, -0.2) is 17.2 Å². The van der Waals surface area contributed by atoms with Crippen molar-refractivity contribution in [1.82, 2.24) is 0 Å². The molecule has 0 bridgehead atoms. The first-order chi connectivity index (χ1) is 13.4. The maximum absolute atomic E-state index is 14.4. The Bertz CT molecular complexity index is 761. The second kappa shape index (κ2) is 10.9. The molecular formula is C20H29F2NO4S. The topological polar surface area (TPSA) is 78.6 Å². The summed E-state index contributed by atoms with van der Waals surface area (Å²) in [5.74, 6) is -0.340. The highest BCUT2D eigenvalue weighted by Crippen LogP contribution is 2.26. The molecule has 0 amide bonds. The zero-order valence-corrected chi connectivity index (χ0v) is 17.0. The number of hydrogen-bond donors (Lipinski definition) is 1. The highest BCUT2D eigenvalue weighted by molar-refractivity contribution is 7.91. The average Bonchev–Trinajstić information content (AvgIpc) is 2.67. The van der Waals surface area contributed by atoms with E-state index >= 15 is 0 Å². The third-order valence-corrected chi connectivity index (χ3v) is 7.00. The number of benzene rings is 1. The standard InChI is InChI=1S/C20H29F2NO4S/c1-15(2-3-16-6-8-26-9-7-16)14-28(24,25)20-5-4-18(10-19(20)22)27-13-17(11-21)12-23/h4-5,10-11,15-16H,2-3,6-9,12-14,23H2,1H3/b17-11+. The first-order valence-electron chi connectivity index (χ1n) is 9.56. The van der Waals surface area contributed by atoms with Crippen molar-refractivity contribution < 1.29 is 26.7 Å². The number of hydrogen-bond acceptors (Lipinski definition) is 5. The second-order valence-corrected chi connectivity index (χ2v) is 9.37. The summed E-state index contributed by atoms with van der Waals surface area (Å²) in [4.78, 5) is -0.335. The molecule has 1 atom stereocenters. The van der Waals surface area contributed by atoms with Crippen LogP contribution < -0.4 is 10.5 Å². The largest absolute Gasteiger partial charge is 0.489 e. The van der Waals surface area contributed by atoms with Crippen LogP contribution in [-0.2, 0) is 14.6 Å². The van der Waals surface area contributed by atoms with Crippen LogP contribution in [0.1, 0.15) is 32.6 Å². The quantitative estimate of drug-likeness (QED) is 0.629. The van der Waals surface area contributed by atoms with E-state index in [1.54, 1.807) is 0 Å². The highest BCUT2D eigenvalue weighted by Gasteiger charge is 2.24. The van der Waals surface area contributed by atoms with Gasteiger partial charge in [-0.1, -0.05) is 6.92 Å². The molecule has 0 saturated carbocycles. The normalized spacial score (nSPS) is 17.5. The molecule has 0 radical (unpaired) electrons. The summed E-state index contributed by atoms with van der Waals surface area (Å²) in [5.41, 5.74) is 5.55. The van der Waals surface area contributed by atoms with E-state index < -0.39 is 15.7 Å². The first kappa shape index (κ1) is 22.8. The van der Waals surface area contributed by atoms with E-state index in [4.69, 9.17) is 15.2 Å². The molecule has 2 rings (SSSR count). The maximum Gasteiger partial charge on any atom is 0.181 e. The molecule has 0 spiro atoms. The van der Waals surface area contributed by atoms with Crippen LogP contribution in [0, 0.1) is 17.7 Å². The van der Waals surface area contributed by atoms with Crippen molar-refractivity contribution >= 4 is 9.84 Å². The van der Waals surface area contributed by atoms with Crippen molar-refractivity contribution in [2.45, 2.75) is 37.5 Å². The molecule has 1 fully saturated rings. The van der Waals surface area contributed by atoms with Crippen LogP contribution in [0.4, 0.5) is 8.78 Å². The van der Waals surface area contributed by atoms with Gasteiger partial charge in [0.2, 0.25) is 0 Å². The molecule has 1 aliphatic rings. The van der Waals surface area contributed by atoms with Crippen LogP contribution in [0.2, 0.25) is 0 Å². The van der Waals surface area contributed by atoms with E-state index in [0.717, 1.165) is 45.0 Å². The molecule has 1 aromatic rings. The Balaban J connectivity index is 1.94. The summed E-state index contributed by atoms with van der Waals surface area (Å²) in [6.07, 6.45) is 4.11. The summed E-state index contributed by atoms with van der Waals surface area (Å²) in [7, 11) is -3.75. The Morgan fingerprint density at radius 2 is 2.11 bits per heavy atom. The molecule has 158 valence electrons.